The third kappa shape index (κ3) is 4.39. The number of hydrogen-bond acceptors (Lipinski definition) is 4. The maximum absolute atomic E-state index is 12.5. The van der Waals surface area contributed by atoms with Crippen LogP contribution in [0, 0.1) is 6.92 Å². The molecule has 0 unspecified atom stereocenters. The molecule has 1 aliphatic heterocycles. The number of nitrogens with zero attached hydrogens (tertiary/aromatic N) is 2. The molecule has 6 heteroatoms. The van der Waals surface area contributed by atoms with Crippen LogP contribution >= 0.6 is 0 Å². The summed E-state index contributed by atoms with van der Waals surface area (Å²) in [4.78, 5) is 26.4. The number of aromatic nitrogens is 1. The van der Waals surface area contributed by atoms with Gasteiger partial charge in [0.15, 0.2) is 0 Å². The molecular formula is C20H25N3O3. The zero-order valence-corrected chi connectivity index (χ0v) is 15.1. The van der Waals surface area contributed by atoms with Crippen LogP contribution in [0.3, 0.4) is 0 Å². The van der Waals surface area contributed by atoms with Crippen LogP contribution in [0.15, 0.2) is 41.3 Å². The van der Waals surface area contributed by atoms with E-state index in [2.05, 4.69) is 17.0 Å². The van der Waals surface area contributed by atoms with Crippen molar-refractivity contribution in [2.75, 3.05) is 32.8 Å². The first-order valence-electron chi connectivity index (χ1n) is 8.92. The van der Waals surface area contributed by atoms with Crippen molar-refractivity contribution in [1.82, 2.24) is 9.47 Å². The molecule has 1 saturated heterocycles. The first-order valence-corrected chi connectivity index (χ1v) is 8.92. The average Bonchev–Trinajstić information content (AvgIpc) is 2.63. The highest BCUT2D eigenvalue weighted by Gasteiger charge is 2.13. The number of pyridine rings is 1. The van der Waals surface area contributed by atoms with Crippen molar-refractivity contribution in [3.8, 4) is 0 Å². The van der Waals surface area contributed by atoms with Gasteiger partial charge in [0.1, 0.15) is 5.56 Å². The maximum Gasteiger partial charge on any atom is 0.263 e. The second-order valence-electron chi connectivity index (χ2n) is 6.70. The molecule has 1 fully saturated rings. The van der Waals surface area contributed by atoms with Gasteiger partial charge in [0.25, 0.3) is 11.5 Å². The lowest BCUT2D eigenvalue weighted by atomic mass is 10.1. The number of hydrogen-bond donors (Lipinski definition) is 1. The van der Waals surface area contributed by atoms with Crippen LogP contribution in [-0.2, 0) is 17.7 Å². The SMILES string of the molecule is Cc1ccn(Cc2cccc(CCN3CCOCC3)c2)c(=O)c1C(N)=O. The molecule has 2 N–H and O–H groups in total. The van der Waals surface area contributed by atoms with Gasteiger partial charge < -0.3 is 15.0 Å². The minimum atomic E-state index is -0.680. The summed E-state index contributed by atoms with van der Waals surface area (Å²) in [6.07, 6.45) is 2.67. The smallest absolute Gasteiger partial charge is 0.263 e. The number of primary amides is 1. The molecule has 0 aliphatic carbocycles. The fourth-order valence-electron chi connectivity index (χ4n) is 3.28. The summed E-state index contributed by atoms with van der Waals surface area (Å²) < 4.78 is 6.91. The van der Waals surface area contributed by atoms with E-state index in [1.807, 2.05) is 12.1 Å². The summed E-state index contributed by atoms with van der Waals surface area (Å²) in [6, 6.07) is 9.99. The molecule has 2 aromatic rings. The van der Waals surface area contributed by atoms with Crippen LogP contribution in [0.25, 0.3) is 0 Å². The molecule has 0 atom stereocenters. The molecule has 6 nitrogen and oxygen atoms in total. The maximum atomic E-state index is 12.5. The van der Waals surface area contributed by atoms with E-state index in [0.29, 0.717) is 12.1 Å². The average molecular weight is 355 g/mol. The lowest BCUT2D eigenvalue weighted by molar-refractivity contribution is 0.0384. The van der Waals surface area contributed by atoms with Crippen LogP contribution in [-0.4, -0.2) is 48.2 Å². The normalized spacial score (nSPS) is 15.1. The molecule has 1 aromatic carbocycles. The monoisotopic (exact) mass is 355 g/mol. The van der Waals surface area contributed by atoms with Crippen molar-refractivity contribution in [3.63, 3.8) is 0 Å². The summed E-state index contributed by atoms with van der Waals surface area (Å²) >= 11 is 0. The van der Waals surface area contributed by atoms with Gasteiger partial charge in [0, 0.05) is 25.8 Å². The Bertz CT molecular complexity index is 838. The number of morpholine rings is 1. The van der Waals surface area contributed by atoms with Gasteiger partial charge in [-0.15, -0.1) is 0 Å². The Balaban J connectivity index is 1.72. The number of benzene rings is 1. The van der Waals surface area contributed by atoms with Gasteiger partial charge in [0.2, 0.25) is 0 Å². The summed E-state index contributed by atoms with van der Waals surface area (Å²) in [5.41, 5.74) is 7.96. The Morgan fingerprint density at radius 2 is 1.92 bits per heavy atom. The van der Waals surface area contributed by atoms with Crippen molar-refractivity contribution in [1.29, 1.82) is 0 Å². The van der Waals surface area contributed by atoms with Gasteiger partial charge in [0.05, 0.1) is 19.8 Å². The first-order chi connectivity index (χ1) is 12.5. The van der Waals surface area contributed by atoms with Gasteiger partial charge in [-0.05, 0) is 36.1 Å². The highest BCUT2D eigenvalue weighted by Crippen LogP contribution is 2.10. The van der Waals surface area contributed by atoms with Crippen LogP contribution in [0.5, 0.6) is 0 Å². The number of aryl methyl sites for hydroxylation is 1. The molecule has 0 spiro atoms. The third-order valence-corrected chi connectivity index (χ3v) is 4.78. The Morgan fingerprint density at radius 3 is 2.65 bits per heavy atom. The van der Waals surface area contributed by atoms with Crippen LogP contribution < -0.4 is 11.3 Å². The van der Waals surface area contributed by atoms with Gasteiger partial charge >= 0.3 is 0 Å². The zero-order valence-electron chi connectivity index (χ0n) is 15.1. The number of amides is 1. The number of carbonyl (C=O) groups excluding carboxylic acids is 1. The number of ether oxygens (including phenoxy) is 1. The zero-order chi connectivity index (χ0) is 18.5. The van der Waals surface area contributed by atoms with E-state index in [9.17, 15) is 9.59 Å². The molecule has 1 amide bonds. The molecule has 0 bridgehead atoms. The Hall–Kier alpha value is -2.44. The standard InChI is InChI=1S/C20H25N3O3/c1-15-5-8-23(20(25)18(15)19(21)24)14-17-4-2-3-16(13-17)6-7-22-9-11-26-12-10-22/h2-5,8,13H,6-7,9-12,14H2,1H3,(H2,21,24). The van der Waals surface area contributed by atoms with Crippen molar-refractivity contribution < 1.29 is 9.53 Å². The number of carbonyl (C=O) groups is 1. The third-order valence-electron chi connectivity index (χ3n) is 4.78. The topological polar surface area (TPSA) is 77.6 Å². The van der Waals surface area contributed by atoms with Crippen LogP contribution in [0.4, 0.5) is 0 Å². The summed E-state index contributed by atoms with van der Waals surface area (Å²) in [5, 5.41) is 0. The fourth-order valence-corrected chi connectivity index (χ4v) is 3.28. The fraction of sp³-hybridized carbons (Fsp3) is 0.400. The number of rotatable bonds is 6. The van der Waals surface area contributed by atoms with E-state index in [0.717, 1.165) is 44.8 Å². The minimum Gasteiger partial charge on any atom is -0.379 e. The van der Waals surface area contributed by atoms with E-state index in [1.165, 1.54) is 10.1 Å². The largest absolute Gasteiger partial charge is 0.379 e. The van der Waals surface area contributed by atoms with Crippen LogP contribution in [0.2, 0.25) is 0 Å². The second kappa shape index (κ2) is 8.29. The Labute approximate surface area is 153 Å². The molecular weight excluding hydrogens is 330 g/mol. The highest BCUT2D eigenvalue weighted by molar-refractivity contribution is 5.93. The second-order valence-corrected chi connectivity index (χ2v) is 6.70. The van der Waals surface area contributed by atoms with Crippen molar-refractivity contribution >= 4 is 5.91 Å². The first kappa shape index (κ1) is 18.4. The predicted molar refractivity (Wildman–Crippen MR) is 100 cm³/mol. The van der Waals surface area contributed by atoms with Crippen molar-refractivity contribution in [2.45, 2.75) is 19.9 Å². The van der Waals surface area contributed by atoms with Crippen molar-refractivity contribution in [2.24, 2.45) is 5.73 Å². The summed E-state index contributed by atoms with van der Waals surface area (Å²) in [6.45, 7) is 6.71. The quantitative estimate of drug-likeness (QED) is 0.844. The van der Waals surface area contributed by atoms with E-state index in [-0.39, 0.29) is 11.1 Å². The van der Waals surface area contributed by atoms with Gasteiger partial charge in [-0.2, -0.15) is 0 Å². The number of nitrogens with two attached hydrogens (primary N) is 1. The molecule has 0 radical (unpaired) electrons. The lowest BCUT2D eigenvalue weighted by Gasteiger charge is -2.26. The summed E-state index contributed by atoms with van der Waals surface area (Å²) in [5.74, 6) is -0.680. The van der Waals surface area contributed by atoms with E-state index < -0.39 is 5.91 Å². The Kier molecular flexibility index (Phi) is 5.85. The van der Waals surface area contributed by atoms with Gasteiger partial charge in [-0.25, -0.2) is 0 Å². The molecule has 1 aromatic heterocycles. The van der Waals surface area contributed by atoms with E-state index in [4.69, 9.17) is 10.5 Å². The molecule has 3 rings (SSSR count). The molecule has 1 aliphatic rings. The van der Waals surface area contributed by atoms with Crippen molar-refractivity contribution in [3.05, 3.63) is 69.1 Å². The lowest BCUT2D eigenvalue weighted by Crippen LogP contribution is -2.37. The minimum absolute atomic E-state index is 0.0657. The summed E-state index contributed by atoms with van der Waals surface area (Å²) in [7, 11) is 0. The van der Waals surface area contributed by atoms with Gasteiger partial charge in [-0.1, -0.05) is 24.3 Å². The highest BCUT2D eigenvalue weighted by atomic mass is 16.5. The predicted octanol–water partition coefficient (Wildman–Crippen LogP) is 1.18. The molecule has 26 heavy (non-hydrogen) atoms. The van der Waals surface area contributed by atoms with E-state index >= 15 is 0 Å². The molecule has 138 valence electrons. The van der Waals surface area contributed by atoms with Crippen LogP contribution in [0.1, 0.15) is 27.0 Å². The molecule has 2 heterocycles. The van der Waals surface area contributed by atoms with E-state index in [1.54, 1.807) is 19.2 Å². The molecule has 0 saturated carbocycles. The van der Waals surface area contributed by atoms with Gasteiger partial charge in [-0.3, -0.25) is 14.5 Å². The Morgan fingerprint density at radius 1 is 1.19 bits per heavy atom.